The number of benzene rings is 2. The average Bonchev–Trinajstić information content (AvgIpc) is 2.78. The molecule has 3 aromatic rings. The number of esters is 1. The zero-order chi connectivity index (χ0) is 22.8. The molecule has 1 amide bonds. The lowest BCUT2D eigenvalue weighted by atomic mass is 9.96. The molecule has 0 spiro atoms. The molecule has 6 nitrogen and oxygen atoms in total. The zero-order valence-corrected chi connectivity index (χ0v) is 19.3. The number of hydrogen-bond donors (Lipinski definition) is 1. The molecule has 2 heterocycles. The van der Waals surface area contributed by atoms with Gasteiger partial charge in [0, 0.05) is 41.2 Å². The monoisotopic (exact) mass is 471 g/mol. The molecular weight excluding hydrogens is 449 g/mol. The van der Waals surface area contributed by atoms with E-state index in [1.54, 1.807) is 25.1 Å². The van der Waals surface area contributed by atoms with Crippen LogP contribution in [0.3, 0.4) is 0 Å². The highest BCUT2D eigenvalue weighted by atomic mass is 35.5. The van der Waals surface area contributed by atoms with Crippen molar-refractivity contribution in [3.63, 3.8) is 0 Å². The van der Waals surface area contributed by atoms with Crippen LogP contribution in [-0.4, -0.2) is 41.5 Å². The number of fused-ring (bicyclic) bond motifs is 2. The summed E-state index contributed by atoms with van der Waals surface area (Å²) in [6.07, 6.45) is 0.0735. The fourth-order valence-corrected chi connectivity index (χ4v) is 4.21. The summed E-state index contributed by atoms with van der Waals surface area (Å²) in [7, 11) is 2.00. The first-order valence-corrected chi connectivity index (χ1v) is 11.2. The minimum atomic E-state index is -0.985. The number of amides is 1. The van der Waals surface area contributed by atoms with Gasteiger partial charge >= 0.3 is 5.97 Å². The molecule has 8 heteroatoms. The van der Waals surface area contributed by atoms with E-state index in [0.29, 0.717) is 34.3 Å². The highest BCUT2D eigenvalue weighted by molar-refractivity contribution is 6.35. The minimum Gasteiger partial charge on any atom is -0.449 e. The van der Waals surface area contributed by atoms with Gasteiger partial charge in [-0.25, -0.2) is 4.79 Å². The van der Waals surface area contributed by atoms with Crippen LogP contribution in [0, 0.1) is 0 Å². The highest BCUT2D eigenvalue weighted by Gasteiger charge is 2.29. The van der Waals surface area contributed by atoms with E-state index in [-0.39, 0.29) is 0 Å². The van der Waals surface area contributed by atoms with E-state index in [0.717, 1.165) is 35.1 Å². The van der Waals surface area contributed by atoms with Gasteiger partial charge in [-0.05, 0) is 37.7 Å². The largest absolute Gasteiger partial charge is 0.449 e. The molecule has 1 N–H and O–H groups in total. The summed E-state index contributed by atoms with van der Waals surface area (Å²) in [5, 5.41) is 4.22. The molecule has 166 valence electrons. The molecule has 0 aliphatic carbocycles. The van der Waals surface area contributed by atoms with E-state index in [4.69, 9.17) is 32.9 Å². The summed E-state index contributed by atoms with van der Waals surface area (Å²) < 4.78 is 5.73. The summed E-state index contributed by atoms with van der Waals surface area (Å²) in [5.74, 6) is -0.997. The third-order valence-corrected chi connectivity index (χ3v) is 6.10. The normalized spacial score (nSPS) is 14.6. The van der Waals surface area contributed by atoms with Crippen LogP contribution in [0.1, 0.15) is 35.0 Å². The number of carbonyl (C=O) groups is 2. The summed E-state index contributed by atoms with van der Waals surface area (Å²) in [4.78, 5) is 33.2. The zero-order valence-electron chi connectivity index (χ0n) is 17.8. The maximum absolute atomic E-state index is 13.4. The van der Waals surface area contributed by atoms with Crippen molar-refractivity contribution in [2.75, 3.05) is 18.9 Å². The number of ether oxygens (including phenoxy) is 1. The second-order valence-corrected chi connectivity index (χ2v) is 8.68. The van der Waals surface area contributed by atoms with Gasteiger partial charge in [-0.1, -0.05) is 48.3 Å². The van der Waals surface area contributed by atoms with Gasteiger partial charge in [0.25, 0.3) is 5.91 Å². The Balaban J connectivity index is 1.64. The fraction of sp³-hybridized carbons (Fsp3) is 0.292. The Morgan fingerprint density at radius 1 is 1.22 bits per heavy atom. The van der Waals surface area contributed by atoms with E-state index in [9.17, 15) is 9.59 Å². The molecule has 0 fully saturated rings. The van der Waals surface area contributed by atoms with Gasteiger partial charge in [-0.15, -0.1) is 0 Å². The summed E-state index contributed by atoms with van der Waals surface area (Å²) in [6, 6.07) is 12.3. The molecule has 0 bridgehead atoms. The SMILES string of the molecule is CCC(OC(=O)c1c2c(nc3ccccc13)CCN(C)C2)C(=O)Nc1cc(Cl)ccc1Cl. The Morgan fingerprint density at radius 3 is 2.78 bits per heavy atom. The van der Waals surface area contributed by atoms with Crippen LogP contribution in [0.5, 0.6) is 0 Å². The molecule has 4 rings (SSSR count). The lowest BCUT2D eigenvalue weighted by molar-refractivity contribution is -0.124. The Bertz CT molecular complexity index is 1200. The van der Waals surface area contributed by atoms with Crippen molar-refractivity contribution < 1.29 is 14.3 Å². The van der Waals surface area contributed by atoms with Crippen LogP contribution >= 0.6 is 23.2 Å². The predicted molar refractivity (Wildman–Crippen MR) is 126 cm³/mol. The molecule has 1 unspecified atom stereocenters. The van der Waals surface area contributed by atoms with Crippen LogP contribution in [-0.2, 0) is 22.5 Å². The van der Waals surface area contributed by atoms with Crippen molar-refractivity contribution in [2.24, 2.45) is 0 Å². The third kappa shape index (κ3) is 4.58. The molecule has 1 atom stereocenters. The second kappa shape index (κ2) is 9.45. The average molecular weight is 472 g/mol. The van der Waals surface area contributed by atoms with Crippen molar-refractivity contribution in [3.8, 4) is 0 Å². The summed E-state index contributed by atoms with van der Waals surface area (Å²) in [6.45, 7) is 3.25. The second-order valence-electron chi connectivity index (χ2n) is 7.83. The van der Waals surface area contributed by atoms with E-state index >= 15 is 0 Å². The number of rotatable bonds is 5. The standard InChI is InChI=1S/C24H23Cl2N3O3/c1-3-21(23(30)28-20-12-14(25)8-9-17(20)26)32-24(31)22-15-6-4-5-7-18(15)27-19-10-11-29(2)13-16(19)22/h4-9,12,21H,3,10-11,13H2,1-2H3,(H,28,30). The number of hydrogen-bond acceptors (Lipinski definition) is 5. The maximum atomic E-state index is 13.4. The summed E-state index contributed by atoms with van der Waals surface area (Å²) >= 11 is 12.2. The van der Waals surface area contributed by atoms with Crippen molar-refractivity contribution in [1.82, 2.24) is 9.88 Å². The number of nitrogens with zero attached hydrogens (tertiary/aromatic N) is 2. The number of aromatic nitrogens is 1. The number of nitrogens with one attached hydrogen (secondary N) is 1. The smallest absolute Gasteiger partial charge is 0.340 e. The molecular formula is C24H23Cl2N3O3. The molecule has 1 aliphatic rings. The van der Waals surface area contributed by atoms with Crippen molar-refractivity contribution in [2.45, 2.75) is 32.4 Å². The van der Waals surface area contributed by atoms with E-state index in [1.165, 1.54) is 0 Å². The predicted octanol–water partition coefficient (Wildman–Crippen LogP) is 5.10. The van der Waals surface area contributed by atoms with Gasteiger partial charge in [-0.3, -0.25) is 9.78 Å². The highest BCUT2D eigenvalue weighted by Crippen LogP contribution is 2.29. The van der Waals surface area contributed by atoms with Gasteiger partial charge < -0.3 is 15.0 Å². The van der Waals surface area contributed by atoms with Crippen LogP contribution in [0.15, 0.2) is 42.5 Å². The Kier molecular flexibility index (Phi) is 6.65. The van der Waals surface area contributed by atoms with Gasteiger partial charge in [0.05, 0.1) is 21.8 Å². The first kappa shape index (κ1) is 22.5. The van der Waals surface area contributed by atoms with Gasteiger partial charge in [-0.2, -0.15) is 0 Å². The number of carbonyl (C=O) groups excluding carboxylic acids is 2. The number of pyridine rings is 1. The lowest BCUT2D eigenvalue weighted by Gasteiger charge is -2.27. The molecule has 0 saturated carbocycles. The number of para-hydroxylation sites is 1. The quantitative estimate of drug-likeness (QED) is 0.523. The topological polar surface area (TPSA) is 71.5 Å². The molecule has 0 radical (unpaired) electrons. The van der Waals surface area contributed by atoms with E-state index < -0.39 is 18.0 Å². The van der Waals surface area contributed by atoms with Crippen LogP contribution < -0.4 is 5.32 Å². The van der Waals surface area contributed by atoms with Crippen molar-refractivity contribution >= 4 is 51.7 Å². The number of likely N-dealkylation sites (N-methyl/N-ethyl adjacent to an activating group) is 1. The van der Waals surface area contributed by atoms with Crippen LogP contribution in [0.4, 0.5) is 5.69 Å². The number of halogens is 2. The van der Waals surface area contributed by atoms with Gasteiger partial charge in [0.15, 0.2) is 6.10 Å². The van der Waals surface area contributed by atoms with E-state index in [2.05, 4.69) is 10.2 Å². The Labute approximate surface area is 196 Å². The maximum Gasteiger partial charge on any atom is 0.340 e. The fourth-order valence-electron chi connectivity index (χ4n) is 3.88. The minimum absolute atomic E-state index is 0.306. The van der Waals surface area contributed by atoms with Gasteiger partial charge in [0.1, 0.15) is 0 Å². The molecule has 1 aromatic heterocycles. The Morgan fingerprint density at radius 2 is 2.00 bits per heavy atom. The third-order valence-electron chi connectivity index (χ3n) is 5.54. The molecule has 0 saturated heterocycles. The molecule has 1 aliphatic heterocycles. The number of anilines is 1. The Hall–Kier alpha value is -2.67. The van der Waals surface area contributed by atoms with Crippen LogP contribution in [0.2, 0.25) is 10.0 Å². The van der Waals surface area contributed by atoms with Crippen molar-refractivity contribution in [3.05, 3.63) is 69.3 Å². The van der Waals surface area contributed by atoms with Crippen molar-refractivity contribution in [1.29, 1.82) is 0 Å². The molecule has 2 aromatic carbocycles. The molecule has 32 heavy (non-hydrogen) atoms. The van der Waals surface area contributed by atoms with Crippen LogP contribution in [0.25, 0.3) is 10.9 Å². The first-order valence-electron chi connectivity index (χ1n) is 10.4. The first-order chi connectivity index (χ1) is 15.4. The van der Waals surface area contributed by atoms with Gasteiger partial charge in [0.2, 0.25) is 0 Å². The lowest BCUT2D eigenvalue weighted by Crippen LogP contribution is -2.34. The summed E-state index contributed by atoms with van der Waals surface area (Å²) in [5.41, 5.74) is 3.34. The van der Waals surface area contributed by atoms with E-state index in [1.807, 2.05) is 31.3 Å².